The minimum atomic E-state index is -0.516. The summed E-state index contributed by atoms with van der Waals surface area (Å²) in [6.07, 6.45) is 0. The maximum absolute atomic E-state index is 12.8. The highest BCUT2D eigenvalue weighted by molar-refractivity contribution is 6.30. The van der Waals surface area contributed by atoms with E-state index in [-0.39, 0.29) is 17.2 Å². The molecule has 3 N–H and O–H groups in total. The first-order chi connectivity index (χ1) is 14.5. The number of amides is 2. The Morgan fingerprint density at radius 1 is 0.967 bits per heavy atom. The summed E-state index contributed by atoms with van der Waals surface area (Å²) < 4.78 is 0. The van der Waals surface area contributed by atoms with Gasteiger partial charge >= 0.3 is 0 Å². The number of nitrogens with one attached hydrogen (secondary N) is 2. The van der Waals surface area contributed by atoms with Crippen LogP contribution < -0.4 is 15.9 Å². The van der Waals surface area contributed by atoms with E-state index in [9.17, 15) is 14.7 Å². The number of anilines is 1. The Kier molecular flexibility index (Phi) is 4.93. The number of hydrogen-bond acceptors (Lipinski definition) is 5. The monoisotopic (exact) mass is 400 g/mol. The number of aromatic hydroxyl groups is 1. The number of hydrazine groups is 1. The lowest BCUT2D eigenvalue weighted by molar-refractivity contribution is -0.114. The number of hydrogen-bond donors (Lipinski definition) is 3. The summed E-state index contributed by atoms with van der Waals surface area (Å²) >= 11 is 0. The van der Waals surface area contributed by atoms with Gasteiger partial charge in [0, 0.05) is 5.70 Å². The SMILES string of the molecule is CC1=NN(c2ccccc2)C(=O)/C1=C(/C)NNC(=O)c1cc2ccccc2cc1O. The number of benzene rings is 3. The van der Waals surface area contributed by atoms with Crippen LogP contribution in [-0.2, 0) is 4.79 Å². The molecule has 3 aromatic rings. The fourth-order valence-corrected chi connectivity index (χ4v) is 3.37. The number of carbonyl (C=O) groups is 2. The summed E-state index contributed by atoms with van der Waals surface area (Å²) in [5.41, 5.74) is 7.48. The van der Waals surface area contributed by atoms with Gasteiger partial charge in [-0.1, -0.05) is 42.5 Å². The molecule has 2 amide bonds. The molecule has 0 radical (unpaired) electrons. The van der Waals surface area contributed by atoms with Gasteiger partial charge in [-0.15, -0.1) is 0 Å². The predicted molar refractivity (Wildman–Crippen MR) is 116 cm³/mol. The summed E-state index contributed by atoms with van der Waals surface area (Å²) in [7, 11) is 0. The van der Waals surface area contributed by atoms with Gasteiger partial charge in [-0.2, -0.15) is 10.1 Å². The molecular weight excluding hydrogens is 380 g/mol. The highest BCUT2D eigenvalue weighted by Crippen LogP contribution is 2.26. The van der Waals surface area contributed by atoms with Gasteiger partial charge in [0.25, 0.3) is 11.8 Å². The summed E-state index contributed by atoms with van der Waals surface area (Å²) in [6, 6.07) is 19.7. The zero-order chi connectivity index (χ0) is 21.3. The van der Waals surface area contributed by atoms with Crippen molar-refractivity contribution in [3.63, 3.8) is 0 Å². The molecule has 0 atom stereocenters. The van der Waals surface area contributed by atoms with Crippen molar-refractivity contribution in [3.05, 3.63) is 83.6 Å². The molecule has 1 aliphatic rings. The van der Waals surface area contributed by atoms with E-state index in [2.05, 4.69) is 16.0 Å². The second-order valence-corrected chi connectivity index (χ2v) is 6.93. The quantitative estimate of drug-likeness (QED) is 0.462. The Morgan fingerprint density at radius 3 is 2.30 bits per heavy atom. The van der Waals surface area contributed by atoms with Crippen molar-refractivity contribution in [3.8, 4) is 5.75 Å². The van der Waals surface area contributed by atoms with E-state index in [0.29, 0.717) is 22.7 Å². The fraction of sp³-hybridized carbons (Fsp3) is 0.0870. The molecule has 0 fully saturated rings. The normalized spacial score (nSPS) is 15.2. The second-order valence-electron chi connectivity index (χ2n) is 6.93. The van der Waals surface area contributed by atoms with E-state index in [1.165, 1.54) is 5.01 Å². The zero-order valence-corrected chi connectivity index (χ0v) is 16.5. The van der Waals surface area contributed by atoms with Crippen molar-refractivity contribution in [2.45, 2.75) is 13.8 Å². The van der Waals surface area contributed by atoms with Gasteiger partial charge in [-0.25, -0.2) is 0 Å². The minimum Gasteiger partial charge on any atom is -0.507 e. The summed E-state index contributed by atoms with van der Waals surface area (Å²) in [5, 5.41) is 17.5. The molecule has 1 aliphatic heterocycles. The molecule has 7 heteroatoms. The van der Waals surface area contributed by atoms with E-state index in [1.54, 1.807) is 38.1 Å². The molecule has 0 saturated carbocycles. The average Bonchev–Trinajstić information content (AvgIpc) is 3.06. The Morgan fingerprint density at radius 2 is 1.60 bits per heavy atom. The third kappa shape index (κ3) is 3.48. The molecule has 7 nitrogen and oxygen atoms in total. The molecule has 3 aromatic carbocycles. The predicted octanol–water partition coefficient (Wildman–Crippen LogP) is 3.48. The van der Waals surface area contributed by atoms with Gasteiger partial charge in [0.05, 0.1) is 22.5 Å². The van der Waals surface area contributed by atoms with E-state index >= 15 is 0 Å². The van der Waals surface area contributed by atoms with Crippen molar-refractivity contribution in [2.75, 3.05) is 5.01 Å². The number of para-hydroxylation sites is 1. The molecule has 0 aliphatic carbocycles. The van der Waals surface area contributed by atoms with Crippen LogP contribution >= 0.6 is 0 Å². The fourth-order valence-electron chi connectivity index (χ4n) is 3.37. The number of rotatable bonds is 4. The van der Waals surface area contributed by atoms with Crippen LogP contribution in [0.2, 0.25) is 0 Å². The first kappa shape index (κ1) is 19.2. The number of fused-ring (bicyclic) bond motifs is 1. The Bertz CT molecular complexity index is 1220. The van der Waals surface area contributed by atoms with E-state index in [1.807, 2.05) is 42.5 Å². The zero-order valence-electron chi connectivity index (χ0n) is 16.5. The van der Waals surface area contributed by atoms with Crippen molar-refractivity contribution in [2.24, 2.45) is 5.10 Å². The van der Waals surface area contributed by atoms with Gasteiger partial charge in [0.1, 0.15) is 5.75 Å². The molecule has 1 heterocycles. The van der Waals surface area contributed by atoms with Crippen LogP contribution in [0.15, 0.2) is 83.1 Å². The first-order valence-corrected chi connectivity index (χ1v) is 9.40. The molecule has 0 unspecified atom stereocenters. The van der Waals surface area contributed by atoms with E-state index in [0.717, 1.165) is 10.8 Å². The molecule has 0 spiro atoms. The lowest BCUT2D eigenvalue weighted by Crippen LogP contribution is -2.37. The third-order valence-electron chi connectivity index (χ3n) is 4.87. The van der Waals surface area contributed by atoms with Gasteiger partial charge < -0.3 is 10.5 Å². The first-order valence-electron chi connectivity index (χ1n) is 9.40. The third-order valence-corrected chi connectivity index (χ3v) is 4.87. The van der Waals surface area contributed by atoms with Crippen LogP contribution in [0.4, 0.5) is 5.69 Å². The number of allylic oxidation sites excluding steroid dienone is 1. The minimum absolute atomic E-state index is 0.122. The number of hydrazone groups is 1. The topological polar surface area (TPSA) is 94.0 Å². The van der Waals surface area contributed by atoms with Gasteiger partial charge in [-0.05, 0) is 48.9 Å². The lowest BCUT2D eigenvalue weighted by atomic mass is 10.1. The molecular formula is C23H20N4O3. The van der Waals surface area contributed by atoms with Gasteiger partial charge in [0.15, 0.2) is 0 Å². The standard InChI is InChI=1S/C23H20N4O3/c1-14(21-15(2)26-27(23(21)30)18-10-4-3-5-11-18)24-25-22(29)19-12-16-8-6-7-9-17(16)13-20(19)28/h3-13,24,28H,1-2H3,(H,25,29)/b21-14-. The highest BCUT2D eigenvalue weighted by Gasteiger charge is 2.30. The second kappa shape index (κ2) is 7.71. The van der Waals surface area contributed by atoms with Crippen molar-refractivity contribution in [1.82, 2.24) is 10.9 Å². The average molecular weight is 400 g/mol. The van der Waals surface area contributed by atoms with Crippen molar-refractivity contribution >= 4 is 34.0 Å². The molecule has 0 saturated heterocycles. The van der Waals surface area contributed by atoms with Crippen LogP contribution in [0.25, 0.3) is 10.8 Å². The number of phenolic OH excluding ortho intramolecular Hbond substituents is 1. The van der Waals surface area contributed by atoms with Crippen LogP contribution in [0.1, 0.15) is 24.2 Å². The van der Waals surface area contributed by atoms with E-state index in [4.69, 9.17) is 0 Å². The lowest BCUT2D eigenvalue weighted by Gasteiger charge is -2.14. The van der Waals surface area contributed by atoms with Crippen molar-refractivity contribution < 1.29 is 14.7 Å². The number of nitrogens with zero attached hydrogens (tertiary/aromatic N) is 2. The molecule has 4 rings (SSSR count). The maximum atomic E-state index is 12.8. The number of carbonyl (C=O) groups excluding carboxylic acids is 2. The molecule has 150 valence electrons. The summed E-state index contributed by atoms with van der Waals surface area (Å²) in [4.78, 5) is 25.4. The Balaban J connectivity index is 1.53. The molecule has 30 heavy (non-hydrogen) atoms. The molecule has 0 aromatic heterocycles. The van der Waals surface area contributed by atoms with E-state index < -0.39 is 5.91 Å². The van der Waals surface area contributed by atoms with Crippen LogP contribution in [0.3, 0.4) is 0 Å². The van der Waals surface area contributed by atoms with Crippen LogP contribution in [-0.4, -0.2) is 22.6 Å². The Labute approximate surface area is 173 Å². The summed E-state index contributed by atoms with van der Waals surface area (Å²) in [5.74, 6) is -0.923. The van der Waals surface area contributed by atoms with Crippen LogP contribution in [0, 0.1) is 0 Å². The highest BCUT2D eigenvalue weighted by atomic mass is 16.3. The largest absolute Gasteiger partial charge is 0.507 e. The Hall–Kier alpha value is -4.13. The maximum Gasteiger partial charge on any atom is 0.282 e. The van der Waals surface area contributed by atoms with Gasteiger partial charge in [0.2, 0.25) is 0 Å². The van der Waals surface area contributed by atoms with Crippen LogP contribution in [0.5, 0.6) is 5.75 Å². The van der Waals surface area contributed by atoms with Crippen molar-refractivity contribution in [1.29, 1.82) is 0 Å². The number of phenols is 1. The van der Waals surface area contributed by atoms with Gasteiger partial charge in [-0.3, -0.25) is 15.0 Å². The summed E-state index contributed by atoms with van der Waals surface area (Å²) in [6.45, 7) is 3.42. The molecule has 0 bridgehead atoms. The smallest absolute Gasteiger partial charge is 0.282 e.